The minimum Gasteiger partial charge on any atom is -0.376 e. The van der Waals surface area contributed by atoms with E-state index in [2.05, 4.69) is 26.6 Å². The maximum atomic E-state index is 12.9. The van der Waals surface area contributed by atoms with Crippen molar-refractivity contribution in [2.24, 2.45) is 0 Å². The molecule has 0 aliphatic rings. The summed E-state index contributed by atoms with van der Waals surface area (Å²) < 4.78 is 38.5. The Labute approximate surface area is 154 Å². The zero-order chi connectivity index (χ0) is 19.5. The summed E-state index contributed by atoms with van der Waals surface area (Å²) in [6.07, 6.45) is -4.53. The van der Waals surface area contributed by atoms with Crippen LogP contribution >= 0.6 is 15.9 Å². The monoisotopic (exact) mass is 431 g/mol. The Balaban J connectivity index is 2.06. The Bertz CT molecular complexity index is 856. The van der Waals surface area contributed by atoms with Gasteiger partial charge in [-0.25, -0.2) is 0 Å². The molecule has 0 aromatic heterocycles. The normalized spacial score (nSPS) is 11.1. The number of rotatable bonds is 5. The number of anilines is 2. The molecule has 1 amide bonds. The number of nitro groups is 1. The number of nitrogens with zero attached hydrogens (tertiary/aromatic N) is 1. The molecule has 0 bridgehead atoms. The number of hydrogen-bond acceptors (Lipinski definition) is 4. The number of amides is 1. The molecule has 2 rings (SSSR count). The highest BCUT2D eigenvalue weighted by molar-refractivity contribution is 9.10. The molecule has 26 heavy (non-hydrogen) atoms. The van der Waals surface area contributed by atoms with Crippen LogP contribution in [0.15, 0.2) is 40.9 Å². The summed E-state index contributed by atoms with van der Waals surface area (Å²) in [7, 11) is 0. The summed E-state index contributed by atoms with van der Waals surface area (Å²) in [5, 5.41) is 15.9. The topological polar surface area (TPSA) is 84.3 Å². The number of hydrogen-bond donors (Lipinski definition) is 2. The van der Waals surface area contributed by atoms with Gasteiger partial charge in [0.1, 0.15) is 0 Å². The Morgan fingerprint density at radius 3 is 2.54 bits per heavy atom. The van der Waals surface area contributed by atoms with E-state index in [1.54, 1.807) is 6.92 Å². The van der Waals surface area contributed by atoms with Gasteiger partial charge in [-0.1, -0.05) is 22.0 Å². The maximum Gasteiger partial charge on any atom is 0.417 e. The third-order valence-corrected chi connectivity index (χ3v) is 4.12. The van der Waals surface area contributed by atoms with E-state index in [0.717, 1.165) is 6.07 Å². The van der Waals surface area contributed by atoms with Gasteiger partial charge in [0, 0.05) is 22.3 Å². The molecule has 0 atom stereocenters. The molecule has 0 saturated heterocycles. The van der Waals surface area contributed by atoms with Gasteiger partial charge >= 0.3 is 6.18 Å². The predicted octanol–water partition coefficient (Wildman–Crippen LogP) is 4.74. The molecule has 2 aromatic carbocycles. The smallest absolute Gasteiger partial charge is 0.376 e. The zero-order valence-electron chi connectivity index (χ0n) is 13.4. The molecule has 0 heterocycles. The average molecular weight is 432 g/mol. The van der Waals surface area contributed by atoms with Gasteiger partial charge in [-0.2, -0.15) is 13.2 Å². The minimum atomic E-state index is -4.53. The van der Waals surface area contributed by atoms with Gasteiger partial charge < -0.3 is 10.6 Å². The number of halogens is 4. The van der Waals surface area contributed by atoms with Gasteiger partial charge in [0.25, 0.3) is 5.69 Å². The maximum absolute atomic E-state index is 12.9. The number of non-ortho nitro benzene ring substituents is 1. The number of nitro benzene ring substituents is 1. The van der Waals surface area contributed by atoms with Crippen LogP contribution in [-0.4, -0.2) is 17.4 Å². The summed E-state index contributed by atoms with van der Waals surface area (Å²) in [5.41, 5.74) is -0.0461. The molecule has 0 spiro atoms. The van der Waals surface area contributed by atoms with Crippen LogP contribution in [0.2, 0.25) is 0 Å². The number of benzene rings is 2. The molecule has 0 fully saturated rings. The van der Waals surface area contributed by atoms with E-state index in [4.69, 9.17) is 0 Å². The van der Waals surface area contributed by atoms with Crippen LogP contribution in [0.4, 0.5) is 30.2 Å². The second-order valence-corrected chi connectivity index (χ2v) is 6.20. The summed E-state index contributed by atoms with van der Waals surface area (Å²) in [5.74, 6) is -0.551. The molecule has 2 aromatic rings. The first-order valence-corrected chi connectivity index (χ1v) is 8.02. The first-order chi connectivity index (χ1) is 12.1. The number of carbonyl (C=O) groups excluding carboxylic acids is 1. The molecule has 138 valence electrons. The standard InChI is InChI=1S/C16H13BrF3N3O3/c1-9-2-4-11(23(25)26)7-14(9)22-15(24)8-21-10-3-5-13(17)12(6-10)16(18,19)20/h2-7,21H,8H2,1H3,(H,22,24). The SMILES string of the molecule is Cc1ccc([N+](=O)[O-])cc1NC(=O)CNc1ccc(Br)c(C(F)(F)F)c1. The van der Waals surface area contributed by atoms with E-state index in [0.29, 0.717) is 5.56 Å². The molecule has 0 aliphatic carbocycles. The molecular weight excluding hydrogens is 419 g/mol. The Kier molecular flexibility index (Phi) is 5.86. The lowest BCUT2D eigenvalue weighted by Gasteiger charge is -2.13. The number of alkyl halides is 3. The van der Waals surface area contributed by atoms with Crippen LogP contribution in [0.25, 0.3) is 0 Å². The van der Waals surface area contributed by atoms with Gasteiger partial charge in [-0.15, -0.1) is 0 Å². The molecule has 10 heteroatoms. The van der Waals surface area contributed by atoms with Crippen molar-refractivity contribution in [3.8, 4) is 0 Å². The zero-order valence-corrected chi connectivity index (χ0v) is 14.9. The van der Waals surface area contributed by atoms with E-state index < -0.39 is 22.6 Å². The molecule has 0 radical (unpaired) electrons. The van der Waals surface area contributed by atoms with Crippen molar-refractivity contribution >= 4 is 38.9 Å². The summed E-state index contributed by atoms with van der Waals surface area (Å²) in [6.45, 7) is 1.36. The van der Waals surface area contributed by atoms with Crippen molar-refractivity contribution in [2.75, 3.05) is 17.2 Å². The molecule has 0 unspecified atom stereocenters. The van der Waals surface area contributed by atoms with Crippen LogP contribution in [0.5, 0.6) is 0 Å². The fraction of sp³-hybridized carbons (Fsp3) is 0.188. The fourth-order valence-electron chi connectivity index (χ4n) is 2.09. The highest BCUT2D eigenvalue weighted by Crippen LogP contribution is 2.36. The Morgan fingerprint density at radius 2 is 1.92 bits per heavy atom. The van der Waals surface area contributed by atoms with E-state index in [1.165, 1.54) is 30.3 Å². The van der Waals surface area contributed by atoms with Gasteiger partial charge in [-0.3, -0.25) is 14.9 Å². The number of carbonyl (C=O) groups is 1. The van der Waals surface area contributed by atoms with Crippen molar-refractivity contribution in [2.45, 2.75) is 13.1 Å². The van der Waals surface area contributed by atoms with Crippen LogP contribution in [0, 0.1) is 17.0 Å². The lowest BCUT2D eigenvalue weighted by Crippen LogP contribution is -2.22. The van der Waals surface area contributed by atoms with E-state index in [-0.39, 0.29) is 28.1 Å². The van der Waals surface area contributed by atoms with Gasteiger partial charge in [0.2, 0.25) is 5.91 Å². The van der Waals surface area contributed by atoms with Crippen molar-refractivity contribution < 1.29 is 22.9 Å². The van der Waals surface area contributed by atoms with E-state index in [9.17, 15) is 28.1 Å². The van der Waals surface area contributed by atoms with Crippen molar-refractivity contribution in [1.29, 1.82) is 0 Å². The quantitative estimate of drug-likeness (QED) is 0.529. The molecule has 0 aliphatic heterocycles. The van der Waals surface area contributed by atoms with E-state index >= 15 is 0 Å². The second-order valence-electron chi connectivity index (χ2n) is 5.35. The first-order valence-electron chi connectivity index (χ1n) is 7.23. The molecule has 0 saturated carbocycles. The van der Waals surface area contributed by atoms with Crippen molar-refractivity contribution in [3.63, 3.8) is 0 Å². The highest BCUT2D eigenvalue weighted by atomic mass is 79.9. The molecule has 2 N–H and O–H groups in total. The molecular formula is C16H13BrF3N3O3. The van der Waals surface area contributed by atoms with Gasteiger partial charge in [0.15, 0.2) is 0 Å². The van der Waals surface area contributed by atoms with Gasteiger partial charge in [-0.05, 0) is 30.7 Å². The largest absolute Gasteiger partial charge is 0.417 e. The third kappa shape index (κ3) is 4.94. The van der Waals surface area contributed by atoms with Gasteiger partial charge in [0.05, 0.1) is 22.7 Å². The van der Waals surface area contributed by atoms with Crippen LogP contribution < -0.4 is 10.6 Å². The summed E-state index contributed by atoms with van der Waals surface area (Å²) >= 11 is 2.83. The Hall–Kier alpha value is -2.62. The minimum absolute atomic E-state index is 0.104. The molecule has 6 nitrogen and oxygen atoms in total. The third-order valence-electron chi connectivity index (χ3n) is 3.43. The lowest BCUT2D eigenvalue weighted by molar-refractivity contribution is -0.384. The Morgan fingerprint density at radius 1 is 1.23 bits per heavy atom. The van der Waals surface area contributed by atoms with Crippen LogP contribution in [-0.2, 0) is 11.0 Å². The first kappa shape index (κ1) is 19.7. The summed E-state index contributed by atoms with van der Waals surface area (Å²) in [6, 6.07) is 7.53. The van der Waals surface area contributed by atoms with Crippen molar-refractivity contribution in [1.82, 2.24) is 0 Å². The number of aryl methyl sites for hydroxylation is 1. The van der Waals surface area contributed by atoms with Crippen molar-refractivity contribution in [3.05, 3.63) is 62.1 Å². The van der Waals surface area contributed by atoms with Crippen LogP contribution in [0.1, 0.15) is 11.1 Å². The number of nitrogens with one attached hydrogen (secondary N) is 2. The summed E-state index contributed by atoms with van der Waals surface area (Å²) in [4.78, 5) is 22.2. The van der Waals surface area contributed by atoms with Crippen LogP contribution in [0.3, 0.4) is 0 Å². The fourth-order valence-corrected chi connectivity index (χ4v) is 2.56. The second kappa shape index (κ2) is 7.73. The highest BCUT2D eigenvalue weighted by Gasteiger charge is 2.33. The lowest BCUT2D eigenvalue weighted by atomic mass is 10.2. The van der Waals surface area contributed by atoms with E-state index in [1.807, 2.05) is 0 Å². The average Bonchev–Trinajstić information content (AvgIpc) is 2.54. The predicted molar refractivity (Wildman–Crippen MR) is 94.1 cm³/mol.